The quantitative estimate of drug-likeness (QED) is 0.406. The highest BCUT2D eigenvalue weighted by atomic mass is 35.5. The Labute approximate surface area is 175 Å². The largest absolute Gasteiger partial charge is 0.455 e. The second-order valence-corrected chi connectivity index (χ2v) is 6.61. The molecule has 9 nitrogen and oxygen atoms in total. The van der Waals surface area contributed by atoms with Crippen LogP contribution in [0.5, 0.6) is 0 Å². The summed E-state index contributed by atoms with van der Waals surface area (Å²) in [6.45, 7) is -0.820. The predicted molar refractivity (Wildman–Crippen MR) is 104 cm³/mol. The summed E-state index contributed by atoms with van der Waals surface area (Å²) in [6, 6.07) is 12.6. The molecular weight excluding hydrogens is 414 g/mol. The third-order valence-electron chi connectivity index (χ3n) is 4.22. The van der Waals surface area contributed by atoms with Crippen molar-refractivity contribution in [3.63, 3.8) is 0 Å². The van der Waals surface area contributed by atoms with Crippen molar-refractivity contribution in [1.82, 2.24) is 15.8 Å². The number of hydrogen-bond acceptors (Lipinski definition) is 6. The molecule has 0 radical (unpaired) electrons. The summed E-state index contributed by atoms with van der Waals surface area (Å²) in [4.78, 5) is 60.9. The number of rotatable bonds is 6. The molecule has 0 unspecified atom stereocenters. The Kier molecular flexibility index (Phi) is 6.43. The molecule has 0 atom stereocenters. The third kappa shape index (κ3) is 4.64. The van der Waals surface area contributed by atoms with Gasteiger partial charge in [0.05, 0.1) is 28.1 Å². The Morgan fingerprint density at radius 1 is 0.900 bits per heavy atom. The summed E-state index contributed by atoms with van der Waals surface area (Å²) < 4.78 is 4.80. The first-order valence-corrected chi connectivity index (χ1v) is 9.21. The molecule has 2 aromatic carbocycles. The molecule has 154 valence electrons. The van der Waals surface area contributed by atoms with Crippen LogP contribution in [0.1, 0.15) is 37.5 Å². The summed E-state index contributed by atoms with van der Waals surface area (Å²) in [6.07, 6.45) is -0.273. The van der Waals surface area contributed by atoms with E-state index in [1.807, 2.05) is 0 Å². The molecule has 0 aromatic heterocycles. The van der Waals surface area contributed by atoms with E-state index in [9.17, 15) is 24.0 Å². The van der Waals surface area contributed by atoms with E-state index in [1.165, 1.54) is 24.3 Å². The number of esters is 1. The van der Waals surface area contributed by atoms with Crippen LogP contribution in [0.3, 0.4) is 0 Å². The van der Waals surface area contributed by atoms with Gasteiger partial charge in [0, 0.05) is 6.54 Å². The molecule has 1 aliphatic heterocycles. The molecule has 0 spiro atoms. The Hall–Kier alpha value is -3.72. The third-order valence-corrected chi connectivity index (χ3v) is 4.55. The van der Waals surface area contributed by atoms with Crippen molar-refractivity contribution in [2.24, 2.45) is 0 Å². The van der Waals surface area contributed by atoms with Gasteiger partial charge in [0.2, 0.25) is 0 Å². The molecule has 4 amide bonds. The fourth-order valence-corrected chi connectivity index (χ4v) is 2.96. The van der Waals surface area contributed by atoms with E-state index in [0.29, 0.717) is 0 Å². The zero-order chi connectivity index (χ0) is 21.7. The second-order valence-electron chi connectivity index (χ2n) is 6.20. The normalized spacial score (nSPS) is 12.4. The highest BCUT2D eigenvalue weighted by Crippen LogP contribution is 2.22. The van der Waals surface area contributed by atoms with Crippen LogP contribution in [0.4, 0.5) is 0 Å². The number of ether oxygens (including phenoxy) is 1. The van der Waals surface area contributed by atoms with E-state index in [1.54, 1.807) is 24.3 Å². The number of imide groups is 1. The van der Waals surface area contributed by atoms with Gasteiger partial charge in [0.1, 0.15) is 0 Å². The molecule has 0 aliphatic carbocycles. The van der Waals surface area contributed by atoms with Crippen molar-refractivity contribution in [1.29, 1.82) is 0 Å². The van der Waals surface area contributed by atoms with Crippen molar-refractivity contribution >= 4 is 41.2 Å². The smallest absolute Gasteiger partial charge is 0.308 e. The van der Waals surface area contributed by atoms with E-state index in [-0.39, 0.29) is 34.7 Å². The number of carbonyl (C=O) groups is 5. The molecular formula is C20H16ClN3O6. The van der Waals surface area contributed by atoms with E-state index in [0.717, 1.165) is 4.90 Å². The maximum atomic E-state index is 12.2. The molecule has 1 aliphatic rings. The van der Waals surface area contributed by atoms with Gasteiger partial charge in [-0.3, -0.25) is 39.7 Å². The first-order chi connectivity index (χ1) is 14.4. The van der Waals surface area contributed by atoms with E-state index >= 15 is 0 Å². The van der Waals surface area contributed by atoms with Crippen molar-refractivity contribution in [3.8, 4) is 0 Å². The molecule has 30 heavy (non-hydrogen) atoms. The lowest BCUT2D eigenvalue weighted by Crippen LogP contribution is -2.43. The zero-order valence-electron chi connectivity index (χ0n) is 15.5. The van der Waals surface area contributed by atoms with Gasteiger partial charge in [0.25, 0.3) is 23.6 Å². The molecule has 3 rings (SSSR count). The van der Waals surface area contributed by atoms with Crippen LogP contribution in [0.15, 0.2) is 48.5 Å². The number of carbonyl (C=O) groups excluding carboxylic acids is 5. The van der Waals surface area contributed by atoms with Crippen molar-refractivity contribution < 1.29 is 28.7 Å². The van der Waals surface area contributed by atoms with Crippen molar-refractivity contribution in [2.45, 2.75) is 6.42 Å². The lowest BCUT2D eigenvalue weighted by Gasteiger charge is -2.13. The van der Waals surface area contributed by atoms with E-state index < -0.39 is 36.2 Å². The molecule has 0 saturated heterocycles. The summed E-state index contributed by atoms with van der Waals surface area (Å²) in [5, 5.41) is 0.212. The fourth-order valence-electron chi connectivity index (χ4n) is 2.74. The first-order valence-electron chi connectivity index (χ1n) is 8.83. The number of benzene rings is 2. The number of halogens is 1. The van der Waals surface area contributed by atoms with Crippen molar-refractivity contribution in [3.05, 3.63) is 70.2 Å². The second kappa shape index (κ2) is 9.19. The molecule has 0 bridgehead atoms. The van der Waals surface area contributed by atoms with Crippen LogP contribution in [0, 0.1) is 0 Å². The van der Waals surface area contributed by atoms with Crippen LogP contribution in [-0.2, 0) is 14.3 Å². The number of fused-ring (bicyclic) bond motifs is 1. The van der Waals surface area contributed by atoms with Gasteiger partial charge in [-0.05, 0) is 24.3 Å². The fraction of sp³-hybridized carbons (Fsp3) is 0.150. The number of hydrogen-bond donors (Lipinski definition) is 2. The number of nitrogens with one attached hydrogen (secondary N) is 2. The minimum absolute atomic E-state index is 0.164. The van der Waals surface area contributed by atoms with Gasteiger partial charge in [-0.15, -0.1) is 0 Å². The molecule has 2 N–H and O–H groups in total. The van der Waals surface area contributed by atoms with Crippen LogP contribution >= 0.6 is 11.6 Å². The molecule has 2 aromatic rings. The standard InChI is InChI=1S/C20H16ClN3O6/c21-15-8-4-3-7-14(15)18(27)23-22-16(25)11-30-17(26)9-10-24-19(28)12-5-1-2-6-13(12)20(24)29/h1-8H,9-11H2,(H,22,25)(H,23,27). The number of amides is 4. The zero-order valence-corrected chi connectivity index (χ0v) is 16.3. The molecule has 0 fully saturated rings. The Morgan fingerprint density at radius 2 is 1.50 bits per heavy atom. The monoisotopic (exact) mass is 429 g/mol. The van der Waals surface area contributed by atoms with Crippen LogP contribution < -0.4 is 10.9 Å². The topological polar surface area (TPSA) is 122 Å². The first kappa shape index (κ1) is 21.0. The van der Waals surface area contributed by atoms with E-state index in [2.05, 4.69) is 10.9 Å². The van der Waals surface area contributed by atoms with Gasteiger partial charge >= 0.3 is 5.97 Å². The summed E-state index contributed by atoms with van der Waals surface area (Å²) in [5.41, 5.74) is 4.97. The lowest BCUT2D eigenvalue weighted by atomic mass is 10.1. The summed E-state index contributed by atoms with van der Waals surface area (Å²) in [5.74, 6) is -3.15. The van der Waals surface area contributed by atoms with Gasteiger partial charge < -0.3 is 4.74 Å². The summed E-state index contributed by atoms with van der Waals surface area (Å²) >= 11 is 5.88. The van der Waals surface area contributed by atoms with Crippen LogP contribution in [-0.4, -0.2) is 47.6 Å². The number of hydrazine groups is 1. The van der Waals surface area contributed by atoms with Gasteiger partial charge in [-0.25, -0.2) is 0 Å². The Bertz CT molecular complexity index is 1000. The Morgan fingerprint density at radius 3 is 2.13 bits per heavy atom. The maximum absolute atomic E-state index is 12.2. The minimum atomic E-state index is -0.779. The minimum Gasteiger partial charge on any atom is -0.455 e. The van der Waals surface area contributed by atoms with Gasteiger partial charge in [-0.1, -0.05) is 35.9 Å². The predicted octanol–water partition coefficient (Wildman–Crippen LogP) is 1.33. The van der Waals surface area contributed by atoms with Gasteiger partial charge in [-0.2, -0.15) is 0 Å². The maximum Gasteiger partial charge on any atom is 0.308 e. The van der Waals surface area contributed by atoms with Crippen LogP contribution in [0.25, 0.3) is 0 Å². The molecule has 10 heteroatoms. The molecule has 0 saturated carbocycles. The summed E-state index contributed by atoms with van der Waals surface area (Å²) in [7, 11) is 0. The van der Waals surface area contributed by atoms with Gasteiger partial charge in [0.15, 0.2) is 6.61 Å². The average molecular weight is 430 g/mol. The Balaban J connectivity index is 1.40. The highest BCUT2D eigenvalue weighted by Gasteiger charge is 2.35. The van der Waals surface area contributed by atoms with Crippen LogP contribution in [0.2, 0.25) is 5.02 Å². The van der Waals surface area contributed by atoms with E-state index in [4.69, 9.17) is 16.3 Å². The highest BCUT2D eigenvalue weighted by molar-refractivity contribution is 6.33. The SMILES string of the molecule is O=C(COC(=O)CCN1C(=O)c2ccccc2C1=O)NNC(=O)c1ccccc1Cl. The number of nitrogens with zero attached hydrogens (tertiary/aromatic N) is 1. The van der Waals surface area contributed by atoms with Crippen molar-refractivity contribution in [2.75, 3.05) is 13.2 Å². The lowest BCUT2D eigenvalue weighted by molar-refractivity contribution is -0.148. The molecule has 1 heterocycles. The average Bonchev–Trinajstić information content (AvgIpc) is 2.99.